The van der Waals surface area contributed by atoms with E-state index in [1.54, 1.807) is 24.3 Å². The molecule has 0 aliphatic heterocycles. The number of carbonyl (C=O) groups is 3. The predicted molar refractivity (Wildman–Crippen MR) is 184 cm³/mol. The van der Waals surface area contributed by atoms with Crippen molar-refractivity contribution in [2.24, 2.45) is 0 Å². The Morgan fingerprint density at radius 3 is 2.31 bits per heavy atom. The van der Waals surface area contributed by atoms with Gasteiger partial charge in [-0.3, -0.25) is 9.59 Å². The van der Waals surface area contributed by atoms with Crippen LogP contribution < -0.4 is 15.4 Å². The van der Waals surface area contributed by atoms with Crippen LogP contribution in [-0.2, 0) is 29.2 Å². The van der Waals surface area contributed by atoms with Crippen molar-refractivity contribution in [1.82, 2.24) is 10.6 Å². The van der Waals surface area contributed by atoms with Crippen molar-refractivity contribution >= 4 is 28.9 Å². The van der Waals surface area contributed by atoms with Crippen LogP contribution in [0.3, 0.4) is 0 Å². The van der Waals surface area contributed by atoms with Gasteiger partial charge in [-0.15, -0.1) is 0 Å². The number of furan rings is 1. The van der Waals surface area contributed by atoms with E-state index in [1.165, 1.54) is 0 Å². The number of fused-ring (bicyclic) bond motifs is 1. The number of amides is 2. The minimum absolute atomic E-state index is 0.182. The van der Waals surface area contributed by atoms with Gasteiger partial charge in [0.2, 0.25) is 0 Å². The molecular formula is C39H40N2O7. The van der Waals surface area contributed by atoms with Crippen LogP contribution in [0.1, 0.15) is 72.8 Å². The Hall–Kier alpha value is -5.57. The summed E-state index contributed by atoms with van der Waals surface area (Å²) in [6.45, 7) is 7.91. The van der Waals surface area contributed by atoms with Crippen LogP contribution in [0.5, 0.6) is 5.75 Å². The normalized spacial score (nSPS) is 11.9. The monoisotopic (exact) mass is 648 g/mol. The van der Waals surface area contributed by atoms with Crippen molar-refractivity contribution in [3.05, 3.63) is 125 Å². The van der Waals surface area contributed by atoms with E-state index >= 15 is 0 Å². The van der Waals surface area contributed by atoms with Crippen LogP contribution >= 0.6 is 0 Å². The topological polar surface area (TPSA) is 127 Å². The first-order valence-electron chi connectivity index (χ1n) is 15.9. The van der Waals surface area contributed by atoms with Gasteiger partial charge in [0.15, 0.2) is 0 Å². The third-order valence-corrected chi connectivity index (χ3v) is 7.66. The summed E-state index contributed by atoms with van der Waals surface area (Å²) in [5, 5.41) is 16.3. The summed E-state index contributed by atoms with van der Waals surface area (Å²) in [6.07, 6.45) is -0.0695. The second-order valence-corrected chi connectivity index (χ2v) is 12.5. The van der Waals surface area contributed by atoms with Crippen LogP contribution in [-0.4, -0.2) is 28.7 Å². The number of benzene rings is 4. The predicted octanol–water partition coefficient (Wildman–Crippen LogP) is 8.21. The Kier molecular flexibility index (Phi) is 10.5. The van der Waals surface area contributed by atoms with E-state index in [-0.39, 0.29) is 25.6 Å². The van der Waals surface area contributed by atoms with Gasteiger partial charge in [0.25, 0.3) is 5.91 Å². The molecule has 5 aromatic rings. The number of carboxylic acid groups (broad SMARTS) is 1. The van der Waals surface area contributed by atoms with Crippen molar-refractivity contribution in [1.29, 1.82) is 0 Å². The molecule has 5 rings (SSSR count). The average molecular weight is 649 g/mol. The third kappa shape index (κ3) is 8.61. The Bertz CT molecular complexity index is 1910. The molecule has 0 radical (unpaired) electrons. The number of alkyl carbamates (subject to hydrolysis) is 1. The van der Waals surface area contributed by atoms with Crippen LogP contribution in [0.2, 0.25) is 0 Å². The van der Waals surface area contributed by atoms with Crippen LogP contribution in [0.25, 0.3) is 22.1 Å². The highest BCUT2D eigenvalue weighted by molar-refractivity contribution is 5.95. The van der Waals surface area contributed by atoms with E-state index in [0.717, 1.165) is 27.6 Å². The van der Waals surface area contributed by atoms with E-state index in [9.17, 15) is 19.5 Å². The summed E-state index contributed by atoms with van der Waals surface area (Å²) in [4.78, 5) is 36.9. The molecule has 248 valence electrons. The Labute approximate surface area is 279 Å². The molecule has 0 bridgehead atoms. The van der Waals surface area contributed by atoms with Gasteiger partial charge < -0.3 is 29.6 Å². The van der Waals surface area contributed by atoms with E-state index in [4.69, 9.17) is 13.9 Å². The van der Waals surface area contributed by atoms with Gasteiger partial charge in [-0.25, -0.2) is 4.79 Å². The number of carbonyl (C=O) groups excluding carboxylic acids is 2. The quantitative estimate of drug-likeness (QED) is 0.124. The molecule has 0 aliphatic rings. The maximum atomic E-state index is 12.7. The molecule has 1 heterocycles. The first-order chi connectivity index (χ1) is 23.0. The Balaban J connectivity index is 1.45. The second kappa shape index (κ2) is 14.9. The Morgan fingerprint density at radius 2 is 1.58 bits per heavy atom. The highest BCUT2D eigenvalue weighted by Gasteiger charge is 2.22. The molecule has 48 heavy (non-hydrogen) atoms. The van der Waals surface area contributed by atoms with Crippen molar-refractivity contribution in [2.75, 3.05) is 0 Å². The number of aliphatic carboxylic acids is 1. The zero-order valence-corrected chi connectivity index (χ0v) is 27.5. The number of rotatable bonds is 12. The summed E-state index contributed by atoms with van der Waals surface area (Å²) in [5.74, 6) is -0.697. The van der Waals surface area contributed by atoms with Gasteiger partial charge in [0.1, 0.15) is 29.3 Å². The van der Waals surface area contributed by atoms with Crippen LogP contribution in [0.4, 0.5) is 4.79 Å². The van der Waals surface area contributed by atoms with Crippen LogP contribution in [0, 0.1) is 0 Å². The highest BCUT2D eigenvalue weighted by Crippen LogP contribution is 2.35. The zero-order chi connectivity index (χ0) is 34.3. The fraction of sp³-hybridized carbons (Fsp3) is 0.256. The van der Waals surface area contributed by atoms with Gasteiger partial charge in [0.05, 0.1) is 12.5 Å². The molecule has 3 N–H and O–H groups in total. The fourth-order valence-corrected chi connectivity index (χ4v) is 5.44. The minimum atomic E-state index is -0.899. The standard InChI is InChI=1S/C39H40N2O7/c1-5-31(37(43)44)32-16-9-10-17-34(32)46-24-26-19-29-21-30(23-40-36(42)27-13-7-6-8-14-27)47-35(29)33(20-26)28-15-11-12-25(18-28)22-41-38(45)48-39(2,3)4/h6-21,31H,5,22-24H2,1-4H3,(H,40,42)(H,41,45)(H,43,44). The fourth-order valence-electron chi connectivity index (χ4n) is 5.44. The molecule has 0 fully saturated rings. The summed E-state index contributed by atoms with van der Waals surface area (Å²) in [6, 6.07) is 29.8. The largest absolute Gasteiger partial charge is 0.489 e. The van der Waals surface area contributed by atoms with Crippen LogP contribution in [0.15, 0.2) is 101 Å². The molecule has 2 amide bonds. The van der Waals surface area contributed by atoms with Gasteiger partial charge in [-0.1, -0.05) is 61.5 Å². The highest BCUT2D eigenvalue weighted by atomic mass is 16.6. The van der Waals surface area contributed by atoms with E-state index < -0.39 is 23.6 Å². The summed E-state index contributed by atoms with van der Waals surface area (Å²) in [7, 11) is 0. The van der Waals surface area contributed by atoms with Gasteiger partial charge in [-0.2, -0.15) is 0 Å². The summed E-state index contributed by atoms with van der Waals surface area (Å²) < 4.78 is 18.0. The van der Waals surface area contributed by atoms with E-state index in [2.05, 4.69) is 10.6 Å². The lowest BCUT2D eigenvalue weighted by atomic mass is 9.96. The van der Waals surface area contributed by atoms with E-state index in [0.29, 0.717) is 34.6 Å². The lowest BCUT2D eigenvalue weighted by Crippen LogP contribution is -2.32. The second-order valence-electron chi connectivity index (χ2n) is 12.5. The van der Waals surface area contributed by atoms with Gasteiger partial charge >= 0.3 is 12.1 Å². The average Bonchev–Trinajstić information content (AvgIpc) is 3.48. The van der Waals surface area contributed by atoms with Gasteiger partial charge in [-0.05, 0) is 86.3 Å². The maximum Gasteiger partial charge on any atom is 0.407 e. The molecule has 1 atom stereocenters. The summed E-state index contributed by atoms with van der Waals surface area (Å²) in [5.41, 5.74) is 4.57. The molecule has 9 nitrogen and oxygen atoms in total. The molecule has 9 heteroatoms. The maximum absolute atomic E-state index is 12.7. The molecule has 0 saturated heterocycles. The van der Waals surface area contributed by atoms with Crippen molar-refractivity contribution in [2.45, 2.75) is 65.3 Å². The SMILES string of the molecule is CCC(C(=O)O)c1ccccc1OCc1cc(-c2cccc(CNC(=O)OC(C)(C)C)c2)c2oc(CNC(=O)c3ccccc3)cc2c1. The molecule has 0 aliphatic carbocycles. The number of carboxylic acids is 1. The van der Waals surface area contributed by atoms with E-state index in [1.807, 2.05) is 100 Å². The van der Waals surface area contributed by atoms with Gasteiger partial charge in [0, 0.05) is 28.6 Å². The molecule has 1 unspecified atom stereocenters. The number of ether oxygens (including phenoxy) is 2. The lowest BCUT2D eigenvalue weighted by Gasteiger charge is -2.19. The minimum Gasteiger partial charge on any atom is -0.489 e. The molecule has 0 spiro atoms. The lowest BCUT2D eigenvalue weighted by molar-refractivity contribution is -0.138. The molecule has 1 aromatic heterocycles. The Morgan fingerprint density at radius 1 is 0.833 bits per heavy atom. The number of hydrogen-bond donors (Lipinski definition) is 3. The summed E-state index contributed by atoms with van der Waals surface area (Å²) >= 11 is 0. The van der Waals surface area contributed by atoms with Crippen molar-refractivity contribution in [3.63, 3.8) is 0 Å². The number of hydrogen-bond acceptors (Lipinski definition) is 6. The smallest absolute Gasteiger partial charge is 0.407 e. The first-order valence-corrected chi connectivity index (χ1v) is 15.9. The molecule has 4 aromatic carbocycles. The van der Waals surface area contributed by atoms with Crippen molar-refractivity contribution < 1.29 is 33.4 Å². The first kappa shape index (κ1) is 33.8. The number of para-hydroxylation sites is 1. The molecule has 0 saturated carbocycles. The third-order valence-electron chi connectivity index (χ3n) is 7.66. The zero-order valence-electron chi connectivity index (χ0n) is 27.5. The van der Waals surface area contributed by atoms with Crippen molar-refractivity contribution in [3.8, 4) is 16.9 Å². The molecular weight excluding hydrogens is 608 g/mol. The number of nitrogens with one attached hydrogen (secondary N) is 2.